The summed E-state index contributed by atoms with van der Waals surface area (Å²) >= 11 is 0. The first-order valence-corrected chi connectivity index (χ1v) is 7.90. The third-order valence-corrected chi connectivity index (χ3v) is 4.12. The molecule has 2 heterocycles. The Balaban J connectivity index is 1.49. The minimum atomic E-state index is -0.143. The van der Waals surface area contributed by atoms with E-state index < -0.39 is 0 Å². The summed E-state index contributed by atoms with van der Waals surface area (Å²) < 4.78 is 1.93. The van der Waals surface area contributed by atoms with Gasteiger partial charge in [-0.05, 0) is 42.8 Å². The van der Waals surface area contributed by atoms with Crippen molar-refractivity contribution in [1.29, 1.82) is 0 Å². The van der Waals surface area contributed by atoms with Crippen LogP contribution in [0.15, 0.2) is 61.2 Å². The molecule has 0 spiro atoms. The van der Waals surface area contributed by atoms with E-state index in [1.54, 1.807) is 30.7 Å². The van der Waals surface area contributed by atoms with E-state index in [4.69, 9.17) is 0 Å². The molecule has 0 radical (unpaired) electrons. The van der Waals surface area contributed by atoms with Gasteiger partial charge in [0.2, 0.25) is 0 Å². The van der Waals surface area contributed by atoms with E-state index in [1.165, 1.54) is 0 Å². The monoisotopic (exact) mass is 332 g/mol. The summed E-state index contributed by atoms with van der Waals surface area (Å²) in [7, 11) is 0. The van der Waals surface area contributed by atoms with Gasteiger partial charge in [-0.25, -0.2) is 4.98 Å². The van der Waals surface area contributed by atoms with Crippen LogP contribution in [0, 0.1) is 0 Å². The first-order valence-electron chi connectivity index (χ1n) is 7.90. The van der Waals surface area contributed by atoms with Crippen LogP contribution in [0.4, 0.5) is 0 Å². The Bertz CT molecular complexity index is 1000. The molecule has 2 aromatic heterocycles. The van der Waals surface area contributed by atoms with Crippen molar-refractivity contribution in [1.82, 2.24) is 30.3 Å². The fourth-order valence-corrected chi connectivity index (χ4v) is 2.69. The fraction of sp³-hybridized carbons (Fsp3) is 0.111. The molecule has 7 heteroatoms. The number of carbonyl (C=O) groups is 1. The van der Waals surface area contributed by atoms with E-state index in [1.807, 2.05) is 42.0 Å². The van der Waals surface area contributed by atoms with Gasteiger partial charge in [0, 0.05) is 23.6 Å². The summed E-state index contributed by atoms with van der Waals surface area (Å²) in [5.74, 6) is -0.143. The molecule has 0 saturated heterocycles. The number of aromatic amines is 1. The van der Waals surface area contributed by atoms with Crippen LogP contribution < -0.4 is 5.32 Å². The molecule has 2 aromatic carbocycles. The molecule has 0 aliphatic heterocycles. The van der Waals surface area contributed by atoms with E-state index in [0.29, 0.717) is 11.1 Å². The van der Waals surface area contributed by atoms with E-state index in [-0.39, 0.29) is 11.9 Å². The van der Waals surface area contributed by atoms with Gasteiger partial charge in [0.05, 0.1) is 12.4 Å². The average Bonchev–Trinajstić information content (AvgIpc) is 3.32. The van der Waals surface area contributed by atoms with Gasteiger partial charge < -0.3 is 9.88 Å². The molecule has 25 heavy (non-hydrogen) atoms. The number of hydrogen-bond acceptors (Lipinski definition) is 4. The second-order valence-corrected chi connectivity index (χ2v) is 5.78. The Morgan fingerprint density at radius 1 is 1.12 bits per heavy atom. The maximum absolute atomic E-state index is 12.5. The highest BCUT2D eigenvalue weighted by Crippen LogP contribution is 2.17. The maximum atomic E-state index is 12.5. The number of rotatable bonds is 4. The summed E-state index contributed by atoms with van der Waals surface area (Å²) in [5.41, 5.74) is 4.02. The third-order valence-electron chi connectivity index (χ3n) is 4.12. The minimum Gasteiger partial charge on any atom is -0.346 e. The van der Waals surface area contributed by atoms with E-state index >= 15 is 0 Å². The van der Waals surface area contributed by atoms with Crippen molar-refractivity contribution in [2.24, 2.45) is 0 Å². The molecule has 2 N–H and O–H groups in total. The predicted molar refractivity (Wildman–Crippen MR) is 93.3 cm³/mol. The van der Waals surface area contributed by atoms with Gasteiger partial charge in [-0.1, -0.05) is 12.1 Å². The zero-order valence-corrected chi connectivity index (χ0v) is 13.5. The molecule has 1 unspecified atom stereocenters. The molecular formula is C18H16N6O. The number of hydrogen-bond donors (Lipinski definition) is 2. The Labute approximate surface area is 143 Å². The second kappa shape index (κ2) is 6.20. The van der Waals surface area contributed by atoms with Gasteiger partial charge in [-0.2, -0.15) is 15.4 Å². The lowest BCUT2D eigenvalue weighted by Crippen LogP contribution is -2.26. The highest BCUT2D eigenvalue weighted by Gasteiger charge is 2.13. The lowest BCUT2D eigenvalue weighted by Gasteiger charge is -2.15. The number of amides is 1. The summed E-state index contributed by atoms with van der Waals surface area (Å²) in [6.45, 7) is 1.96. The van der Waals surface area contributed by atoms with Gasteiger partial charge in [-0.3, -0.25) is 4.79 Å². The molecule has 4 rings (SSSR count). The van der Waals surface area contributed by atoms with Gasteiger partial charge in [0.1, 0.15) is 11.0 Å². The van der Waals surface area contributed by atoms with Crippen LogP contribution in [0.25, 0.3) is 16.7 Å². The Morgan fingerprint density at radius 2 is 1.92 bits per heavy atom. The summed E-state index contributed by atoms with van der Waals surface area (Å²) in [4.78, 5) is 16.5. The smallest absolute Gasteiger partial charge is 0.251 e. The number of nitrogens with one attached hydrogen (secondary N) is 2. The Morgan fingerprint density at radius 3 is 2.68 bits per heavy atom. The normalized spacial score (nSPS) is 12.2. The van der Waals surface area contributed by atoms with Crippen LogP contribution in [-0.2, 0) is 0 Å². The van der Waals surface area contributed by atoms with Crippen molar-refractivity contribution in [3.8, 4) is 5.69 Å². The Kier molecular flexibility index (Phi) is 3.74. The van der Waals surface area contributed by atoms with Crippen LogP contribution in [0.3, 0.4) is 0 Å². The highest BCUT2D eigenvalue weighted by atomic mass is 16.1. The molecule has 1 amide bonds. The minimum absolute atomic E-state index is 0.114. The van der Waals surface area contributed by atoms with Crippen LogP contribution in [0.2, 0.25) is 0 Å². The van der Waals surface area contributed by atoms with Crippen molar-refractivity contribution in [3.63, 3.8) is 0 Å². The van der Waals surface area contributed by atoms with Crippen LogP contribution >= 0.6 is 0 Å². The second-order valence-electron chi connectivity index (χ2n) is 5.78. The molecule has 0 fully saturated rings. The maximum Gasteiger partial charge on any atom is 0.251 e. The molecular weight excluding hydrogens is 316 g/mol. The van der Waals surface area contributed by atoms with Crippen molar-refractivity contribution in [2.45, 2.75) is 13.0 Å². The first kappa shape index (κ1) is 15.1. The van der Waals surface area contributed by atoms with E-state index in [9.17, 15) is 4.79 Å². The zero-order chi connectivity index (χ0) is 17.2. The van der Waals surface area contributed by atoms with Crippen molar-refractivity contribution in [3.05, 3.63) is 72.3 Å². The number of aromatic nitrogens is 5. The number of fused-ring (bicyclic) bond motifs is 1. The van der Waals surface area contributed by atoms with Gasteiger partial charge in [0.15, 0.2) is 0 Å². The highest BCUT2D eigenvalue weighted by molar-refractivity contribution is 5.97. The third kappa shape index (κ3) is 2.99. The first-order chi connectivity index (χ1) is 12.2. The number of carbonyl (C=O) groups excluding carboxylic acids is 1. The summed E-state index contributed by atoms with van der Waals surface area (Å²) in [6.07, 6.45) is 5.38. The van der Waals surface area contributed by atoms with Gasteiger partial charge in [0.25, 0.3) is 5.91 Å². The number of H-pyrrole nitrogens is 1. The molecule has 4 aromatic rings. The lowest BCUT2D eigenvalue weighted by molar-refractivity contribution is 0.0940. The van der Waals surface area contributed by atoms with Gasteiger partial charge >= 0.3 is 0 Å². The number of nitrogens with zero attached hydrogens (tertiary/aromatic N) is 4. The molecule has 0 saturated carbocycles. The largest absolute Gasteiger partial charge is 0.346 e. The van der Waals surface area contributed by atoms with Crippen molar-refractivity contribution >= 4 is 16.9 Å². The van der Waals surface area contributed by atoms with Crippen LogP contribution in [0.5, 0.6) is 0 Å². The van der Waals surface area contributed by atoms with Crippen molar-refractivity contribution < 1.29 is 4.79 Å². The fourth-order valence-electron chi connectivity index (χ4n) is 2.69. The number of imidazole rings is 1. The molecule has 1 atom stereocenters. The summed E-state index contributed by atoms with van der Waals surface area (Å²) in [5, 5.41) is 13.5. The van der Waals surface area contributed by atoms with E-state index in [0.717, 1.165) is 16.8 Å². The standard InChI is InChI=1S/C18H16N6O/c1-12(13-2-5-15(6-3-13)24-9-8-19-11-24)20-18(25)14-4-7-16-17(10-14)22-23-21-16/h2-12H,1H3,(H,20,25)(H,21,22,23). The van der Waals surface area contributed by atoms with E-state index in [2.05, 4.69) is 25.7 Å². The molecule has 0 bridgehead atoms. The molecule has 124 valence electrons. The molecule has 7 nitrogen and oxygen atoms in total. The predicted octanol–water partition coefficient (Wildman–Crippen LogP) is 2.63. The van der Waals surface area contributed by atoms with Crippen molar-refractivity contribution in [2.75, 3.05) is 0 Å². The zero-order valence-electron chi connectivity index (χ0n) is 13.5. The lowest BCUT2D eigenvalue weighted by atomic mass is 10.1. The van der Waals surface area contributed by atoms with Crippen LogP contribution in [0.1, 0.15) is 28.9 Å². The SMILES string of the molecule is CC(NC(=O)c1ccc2n[nH]nc2c1)c1ccc(-n2ccnc2)cc1. The van der Waals surface area contributed by atoms with Crippen LogP contribution in [-0.4, -0.2) is 30.9 Å². The number of benzene rings is 2. The quantitative estimate of drug-likeness (QED) is 0.601. The average molecular weight is 332 g/mol. The molecule has 0 aliphatic carbocycles. The topological polar surface area (TPSA) is 88.5 Å². The summed E-state index contributed by atoms with van der Waals surface area (Å²) in [6, 6.07) is 13.1. The Hall–Kier alpha value is -3.48. The molecule has 0 aliphatic rings. The van der Waals surface area contributed by atoms with Gasteiger partial charge in [-0.15, -0.1) is 0 Å².